The van der Waals surface area contributed by atoms with Crippen molar-refractivity contribution in [3.05, 3.63) is 82.0 Å². The first-order valence-corrected chi connectivity index (χ1v) is 9.03. The van der Waals surface area contributed by atoms with Gasteiger partial charge in [0.2, 0.25) is 5.56 Å². The number of amides is 1. The molecule has 0 spiro atoms. The highest BCUT2D eigenvalue weighted by atomic mass is 19.4. The van der Waals surface area contributed by atoms with Crippen LogP contribution >= 0.6 is 0 Å². The number of alkyl halides is 5. The number of benzene rings is 2. The molecule has 3 aromatic rings. The van der Waals surface area contributed by atoms with Crippen LogP contribution in [0.5, 0.6) is 17.2 Å². The maximum absolute atomic E-state index is 14.0. The third-order valence-electron chi connectivity index (χ3n) is 4.33. The van der Waals surface area contributed by atoms with Gasteiger partial charge < -0.3 is 19.8 Å². The molecule has 1 aromatic heterocycles. The Balaban J connectivity index is 2.10. The number of aromatic amines is 1. The number of para-hydroxylation sites is 1. The van der Waals surface area contributed by atoms with Crippen molar-refractivity contribution in [2.75, 3.05) is 12.4 Å². The van der Waals surface area contributed by atoms with E-state index in [1.54, 1.807) is 0 Å². The summed E-state index contributed by atoms with van der Waals surface area (Å²) >= 11 is 0. The summed E-state index contributed by atoms with van der Waals surface area (Å²) in [6, 6.07) is 7.09. The fourth-order valence-electron chi connectivity index (χ4n) is 2.76. The quantitative estimate of drug-likeness (QED) is 0.482. The molecule has 0 unspecified atom stereocenters. The number of rotatable bonds is 6. The molecule has 12 heteroatoms. The largest absolute Gasteiger partial charge is 0.490 e. The van der Waals surface area contributed by atoms with Gasteiger partial charge in [0.25, 0.3) is 5.91 Å². The molecule has 0 aliphatic rings. The van der Waals surface area contributed by atoms with E-state index < -0.39 is 52.0 Å². The average molecular weight is 472 g/mol. The van der Waals surface area contributed by atoms with Crippen LogP contribution in [0.1, 0.15) is 15.9 Å². The smallest absolute Gasteiger partial charge is 0.458 e. The van der Waals surface area contributed by atoms with Gasteiger partial charge in [-0.3, -0.25) is 9.59 Å². The van der Waals surface area contributed by atoms with E-state index in [4.69, 9.17) is 9.47 Å². The van der Waals surface area contributed by atoms with Crippen LogP contribution in [0.15, 0.2) is 59.5 Å². The van der Waals surface area contributed by atoms with E-state index in [2.05, 4.69) is 10.3 Å². The van der Waals surface area contributed by atoms with Gasteiger partial charge in [-0.25, -0.2) is 4.39 Å². The number of carbonyl (C=O) groups is 1. The molecule has 0 aliphatic carbocycles. The Labute approximate surface area is 181 Å². The van der Waals surface area contributed by atoms with Gasteiger partial charge in [0, 0.05) is 23.5 Å². The number of aromatic nitrogens is 1. The van der Waals surface area contributed by atoms with Crippen LogP contribution in [0.2, 0.25) is 0 Å². The Morgan fingerprint density at radius 3 is 2.36 bits per heavy atom. The van der Waals surface area contributed by atoms with E-state index in [1.165, 1.54) is 18.3 Å². The van der Waals surface area contributed by atoms with Crippen molar-refractivity contribution in [1.29, 1.82) is 0 Å². The molecule has 3 rings (SSSR count). The van der Waals surface area contributed by atoms with Crippen LogP contribution in [0.25, 0.3) is 0 Å². The molecule has 6 nitrogen and oxygen atoms in total. The summed E-state index contributed by atoms with van der Waals surface area (Å²) in [5.74, 6) is -8.74. The minimum Gasteiger partial charge on any atom is -0.490 e. The predicted molar refractivity (Wildman–Crippen MR) is 104 cm³/mol. The number of anilines is 1. The summed E-state index contributed by atoms with van der Waals surface area (Å²) in [6.45, 7) is 0. The minimum atomic E-state index is -5.92. The Kier molecular flexibility index (Phi) is 6.38. The number of pyridine rings is 1. The first-order valence-electron chi connectivity index (χ1n) is 9.03. The SMILES string of the molecule is COc1c(F)cccc1Oc1cc(C(F)(F)C(F)(F)F)ccc1C(=O)Nc1cc[nH]c(=O)c1. The third-order valence-corrected chi connectivity index (χ3v) is 4.33. The minimum absolute atomic E-state index is 0.0164. The van der Waals surface area contributed by atoms with Crippen LogP contribution < -0.4 is 20.3 Å². The standard InChI is InChI=1S/C21H14F6N2O4/c1-32-18-14(22)3-2-4-15(18)33-16-9-11(20(23,24)21(25,26)27)5-6-13(16)19(31)29-12-7-8-28-17(30)10-12/h2-10H,1H3,(H2,28,29,30,31). The van der Waals surface area contributed by atoms with Gasteiger partial charge in [-0.15, -0.1) is 0 Å². The molecule has 1 amide bonds. The number of methoxy groups -OCH3 is 1. The molecule has 0 bridgehead atoms. The molecule has 0 radical (unpaired) electrons. The highest BCUT2D eigenvalue weighted by molar-refractivity contribution is 6.06. The van der Waals surface area contributed by atoms with Crippen LogP contribution in [0.3, 0.4) is 0 Å². The molecule has 1 heterocycles. The van der Waals surface area contributed by atoms with Gasteiger partial charge in [-0.1, -0.05) is 12.1 Å². The number of H-pyrrole nitrogens is 1. The number of hydrogen-bond donors (Lipinski definition) is 2. The van der Waals surface area contributed by atoms with Crippen molar-refractivity contribution in [3.63, 3.8) is 0 Å². The van der Waals surface area contributed by atoms with E-state index in [0.717, 1.165) is 25.3 Å². The fourth-order valence-corrected chi connectivity index (χ4v) is 2.76. The van der Waals surface area contributed by atoms with Gasteiger partial charge in [-0.2, -0.15) is 22.0 Å². The summed E-state index contributed by atoms with van der Waals surface area (Å²) in [4.78, 5) is 26.4. The number of carbonyl (C=O) groups excluding carboxylic acids is 1. The zero-order valence-electron chi connectivity index (χ0n) is 16.6. The van der Waals surface area contributed by atoms with E-state index in [-0.39, 0.29) is 11.4 Å². The highest BCUT2D eigenvalue weighted by Crippen LogP contribution is 2.46. The second-order valence-corrected chi connectivity index (χ2v) is 6.55. The average Bonchev–Trinajstić information content (AvgIpc) is 2.73. The first-order chi connectivity index (χ1) is 15.4. The molecule has 0 saturated carbocycles. The van der Waals surface area contributed by atoms with E-state index >= 15 is 0 Å². The van der Waals surface area contributed by atoms with E-state index in [0.29, 0.717) is 18.2 Å². The van der Waals surface area contributed by atoms with Gasteiger partial charge in [0.1, 0.15) is 5.75 Å². The molecule has 2 N–H and O–H groups in total. The normalized spacial score (nSPS) is 11.7. The van der Waals surface area contributed by atoms with Crippen molar-refractivity contribution in [1.82, 2.24) is 4.98 Å². The van der Waals surface area contributed by atoms with Crippen molar-refractivity contribution in [2.45, 2.75) is 12.1 Å². The maximum atomic E-state index is 14.0. The lowest BCUT2D eigenvalue weighted by molar-refractivity contribution is -0.289. The number of hydrogen-bond acceptors (Lipinski definition) is 4. The zero-order valence-corrected chi connectivity index (χ0v) is 16.6. The monoisotopic (exact) mass is 472 g/mol. The lowest BCUT2D eigenvalue weighted by Gasteiger charge is -2.21. The summed E-state index contributed by atoms with van der Waals surface area (Å²) in [5, 5.41) is 2.30. The molecular weight excluding hydrogens is 458 g/mol. The van der Waals surface area contributed by atoms with Crippen LogP contribution in [0, 0.1) is 5.82 Å². The predicted octanol–water partition coefficient (Wildman–Crippen LogP) is 5.22. The second kappa shape index (κ2) is 8.88. The highest BCUT2D eigenvalue weighted by Gasteiger charge is 2.58. The van der Waals surface area contributed by atoms with Gasteiger partial charge in [0.15, 0.2) is 17.3 Å². The van der Waals surface area contributed by atoms with Crippen molar-refractivity contribution in [3.8, 4) is 17.2 Å². The van der Waals surface area contributed by atoms with Crippen molar-refractivity contribution >= 4 is 11.6 Å². The molecule has 0 atom stereocenters. The third kappa shape index (κ3) is 4.94. The Morgan fingerprint density at radius 1 is 1.00 bits per heavy atom. The van der Waals surface area contributed by atoms with E-state index in [1.807, 2.05) is 0 Å². The van der Waals surface area contributed by atoms with Gasteiger partial charge in [0.05, 0.1) is 12.7 Å². The molecule has 0 fully saturated rings. The van der Waals surface area contributed by atoms with Crippen molar-refractivity contribution < 1.29 is 40.6 Å². The van der Waals surface area contributed by atoms with Crippen LogP contribution in [0.4, 0.5) is 32.0 Å². The Morgan fingerprint density at radius 2 is 1.73 bits per heavy atom. The molecular formula is C21H14F6N2O4. The number of nitrogens with one attached hydrogen (secondary N) is 2. The Hall–Kier alpha value is -3.96. The molecule has 33 heavy (non-hydrogen) atoms. The maximum Gasteiger partial charge on any atom is 0.458 e. The fraction of sp³-hybridized carbons (Fsp3) is 0.143. The lowest BCUT2D eigenvalue weighted by Crippen LogP contribution is -2.33. The van der Waals surface area contributed by atoms with Crippen LogP contribution in [-0.2, 0) is 5.92 Å². The molecule has 2 aromatic carbocycles. The first kappa shape index (κ1) is 23.7. The number of halogens is 6. The van der Waals surface area contributed by atoms with Gasteiger partial charge in [-0.05, 0) is 30.3 Å². The molecule has 0 aliphatic heterocycles. The van der Waals surface area contributed by atoms with Crippen LogP contribution in [-0.4, -0.2) is 24.2 Å². The second-order valence-electron chi connectivity index (χ2n) is 6.55. The molecule has 174 valence electrons. The molecule has 0 saturated heterocycles. The zero-order chi connectivity index (χ0) is 24.4. The lowest BCUT2D eigenvalue weighted by atomic mass is 10.0. The Bertz CT molecular complexity index is 1240. The summed E-state index contributed by atoms with van der Waals surface area (Å²) < 4.78 is 90.6. The van der Waals surface area contributed by atoms with Gasteiger partial charge >= 0.3 is 12.1 Å². The van der Waals surface area contributed by atoms with E-state index in [9.17, 15) is 35.9 Å². The summed E-state index contributed by atoms with van der Waals surface area (Å²) in [7, 11) is 1.08. The number of ether oxygens (including phenoxy) is 2. The summed E-state index contributed by atoms with van der Waals surface area (Å²) in [5.41, 5.74) is -2.52. The van der Waals surface area contributed by atoms with Crippen molar-refractivity contribution in [2.24, 2.45) is 0 Å². The summed E-state index contributed by atoms with van der Waals surface area (Å²) in [6.07, 6.45) is -4.70. The topological polar surface area (TPSA) is 80.4 Å².